The number of hydrogen-bond acceptors (Lipinski definition) is 3. The van der Waals surface area contributed by atoms with Gasteiger partial charge in [0, 0.05) is 30.0 Å². The predicted molar refractivity (Wildman–Crippen MR) is 88.3 cm³/mol. The van der Waals surface area contributed by atoms with Gasteiger partial charge in [-0.1, -0.05) is 27.0 Å². The summed E-state index contributed by atoms with van der Waals surface area (Å²) in [6.07, 6.45) is 2.62. The van der Waals surface area contributed by atoms with E-state index in [0.29, 0.717) is 17.9 Å². The van der Waals surface area contributed by atoms with Crippen molar-refractivity contribution in [3.05, 3.63) is 23.8 Å². The molecular formula is C15H27NS2. The first kappa shape index (κ1) is 16.0. The average molecular weight is 286 g/mol. The van der Waals surface area contributed by atoms with E-state index in [1.54, 1.807) is 0 Å². The molecule has 0 bridgehead atoms. The molecule has 104 valence electrons. The van der Waals surface area contributed by atoms with Gasteiger partial charge in [0.2, 0.25) is 0 Å². The predicted octanol–water partition coefficient (Wildman–Crippen LogP) is 4.43. The molecule has 1 aliphatic heterocycles. The molecule has 0 aromatic heterocycles. The zero-order valence-electron chi connectivity index (χ0n) is 12.0. The minimum atomic E-state index is 0.490. The molecule has 0 aromatic rings. The van der Waals surface area contributed by atoms with Gasteiger partial charge in [0.1, 0.15) is 0 Å². The van der Waals surface area contributed by atoms with E-state index in [1.807, 2.05) is 11.8 Å². The molecule has 1 fully saturated rings. The van der Waals surface area contributed by atoms with E-state index < -0.39 is 0 Å². The van der Waals surface area contributed by atoms with Crippen molar-refractivity contribution in [2.24, 2.45) is 11.8 Å². The summed E-state index contributed by atoms with van der Waals surface area (Å²) in [7, 11) is 0. The van der Waals surface area contributed by atoms with E-state index in [9.17, 15) is 0 Å². The lowest BCUT2D eigenvalue weighted by atomic mass is 10.1. The van der Waals surface area contributed by atoms with Crippen molar-refractivity contribution in [1.82, 2.24) is 4.90 Å². The molecule has 18 heavy (non-hydrogen) atoms. The number of hydrogen-bond donors (Lipinski definition) is 1. The third-order valence-corrected chi connectivity index (χ3v) is 5.82. The maximum Gasteiger partial charge on any atom is 0.0259 e. The quantitative estimate of drug-likeness (QED) is 0.689. The molecule has 1 aliphatic rings. The van der Waals surface area contributed by atoms with Crippen molar-refractivity contribution in [3.8, 4) is 0 Å². The smallest absolute Gasteiger partial charge is 0.0259 e. The van der Waals surface area contributed by atoms with Gasteiger partial charge in [0.05, 0.1) is 0 Å². The summed E-state index contributed by atoms with van der Waals surface area (Å²) < 4.78 is 0. The fraction of sp³-hybridized carbons (Fsp3) is 0.733. The standard InChI is InChI=1S/C15H27NS2/c1-11(9-17)15(5)18-10-12(2)14(4)16-8-6-7-13(16)3/h11-13,17H,4-10H2,1-3H3. The van der Waals surface area contributed by atoms with Crippen molar-refractivity contribution in [1.29, 1.82) is 0 Å². The highest BCUT2D eigenvalue weighted by Gasteiger charge is 2.24. The number of thiol groups is 1. The zero-order valence-corrected chi connectivity index (χ0v) is 13.7. The van der Waals surface area contributed by atoms with Crippen LogP contribution in [0.1, 0.15) is 33.6 Å². The van der Waals surface area contributed by atoms with Gasteiger partial charge in [0.25, 0.3) is 0 Å². The van der Waals surface area contributed by atoms with Crippen molar-refractivity contribution < 1.29 is 0 Å². The molecule has 0 spiro atoms. The lowest BCUT2D eigenvalue weighted by molar-refractivity contribution is 0.311. The van der Waals surface area contributed by atoms with Crippen LogP contribution < -0.4 is 0 Å². The highest BCUT2D eigenvalue weighted by Crippen LogP contribution is 2.30. The van der Waals surface area contributed by atoms with Gasteiger partial charge in [-0.05, 0) is 36.3 Å². The average Bonchev–Trinajstić information content (AvgIpc) is 2.79. The SMILES string of the molecule is C=C(SCC(C)C(=C)N1CCCC1C)C(C)CS. The molecule has 1 nitrogen and oxygen atoms in total. The molecular weight excluding hydrogens is 258 g/mol. The topological polar surface area (TPSA) is 3.24 Å². The Balaban J connectivity index is 2.38. The summed E-state index contributed by atoms with van der Waals surface area (Å²) in [6, 6.07) is 0.671. The van der Waals surface area contributed by atoms with Crippen LogP contribution >= 0.6 is 24.4 Å². The van der Waals surface area contributed by atoms with Crippen LogP contribution in [0, 0.1) is 11.8 Å². The number of thioether (sulfide) groups is 1. The first-order valence-corrected chi connectivity index (χ1v) is 8.47. The van der Waals surface area contributed by atoms with Crippen molar-refractivity contribution in [2.75, 3.05) is 18.1 Å². The zero-order chi connectivity index (χ0) is 13.7. The van der Waals surface area contributed by atoms with Gasteiger partial charge in [-0.15, -0.1) is 11.8 Å². The lowest BCUT2D eigenvalue weighted by Gasteiger charge is -2.30. The highest BCUT2D eigenvalue weighted by atomic mass is 32.2. The second kappa shape index (κ2) is 7.54. The van der Waals surface area contributed by atoms with Crippen LogP contribution in [-0.2, 0) is 0 Å². The monoisotopic (exact) mass is 285 g/mol. The first-order valence-electron chi connectivity index (χ1n) is 6.85. The molecule has 3 heteroatoms. The van der Waals surface area contributed by atoms with Gasteiger partial charge in [-0.25, -0.2) is 0 Å². The molecule has 3 unspecified atom stereocenters. The largest absolute Gasteiger partial charge is 0.372 e. The van der Waals surface area contributed by atoms with E-state index in [1.165, 1.54) is 30.0 Å². The van der Waals surface area contributed by atoms with Crippen LogP contribution in [0.25, 0.3) is 0 Å². The fourth-order valence-corrected chi connectivity index (χ4v) is 3.58. The van der Waals surface area contributed by atoms with E-state index in [-0.39, 0.29) is 0 Å². The highest BCUT2D eigenvalue weighted by molar-refractivity contribution is 8.03. The Morgan fingerprint density at radius 1 is 1.39 bits per heavy atom. The van der Waals surface area contributed by atoms with E-state index >= 15 is 0 Å². The van der Waals surface area contributed by atoms with Crippen LogP contribution in [0.4, 0.5) is 0 Å². The molecule has 0 radical (unpaired) electrons. The molecule has 3 atom stereocenters. The van der Waals surface area contributed by atoms with E-state index in [4.69, 9.17) is 0 Å². The minimum absolute atomic E-state index is 0.490. The molecule has 0 aromatic carbocycles. The van der Waals surface area contributed by atoms with E-state index in [0.717, 1.165) is 11.5 Å². The first-order chi connectivity index (χ1) is 8.47. The summed E-state index contributed by atoms with van der Waals surface area (Å²) in [5.74, 6) is 2.98. The fourth-order valence-electron chi connectivity index (χ4n) is 2.22. The number of nitrogens with zero attached hydrogens (tertiary/aromatic N) is 1. The molecule has 0 aliphatic carbocycles. The maximum atomic E-state index is 4.32. The maximum absolute atomic E-state index is 4.32. The number of rotatable bonds is 7. The van der Waals surface area contributed by atoms with Crippen LogP contribution in [0.5, 0.6) is 0 Å². The number of likely N-dealkylation sites (tertiary alicyclic amines) is 1. The summed E-state index contributed by atoms with van der Waals surface area (Å²) in [6.45, 7) is 16.4. The van der Waals surface area contributed by atoms with Crippen molar-refractivity contribution in [3.63, 3.8) is 0 Å². The van der Waals surface area contributed by atoms with Gasteiger partial charge in [-0.3, -0.25) is 0 Å². The Bertz CT molecular complexity index is 301. The van der Waals surface area contributed by atoms with Crippen molar-refractivity contribution in [2.45, 2.75) is 39.7 Å². The molecule has 1 rings (SSSR count). The van der Waals surface area contributed by atoms with Crippen LogP contribution in [0.2, 0.25) is 0 Å². The van der Waals surface area contributed by atoms with E-state index in [2.05, 4.69) is 51.5 Å². The molecule has 0 amide bonds. The number of allylic oxidation sites excluding steroid dienone is 2. The summed E-state index contributed by atoms with van der Waals surface area (Å²) in [5.41, 5.74) is 1.30. The molecule has 0 saturated carbocycles. The Morgan fingerprint density at radius 3 is 2.56 bits per heavy atom. The second-order valence-corrected chi connectivity index (χ2v) is 6.95. The van der Waals surface area contributed by atoms with Crippen LogP contribution in [0.3, 0.4) is 0 Å². The Labute approximate surface area is 123 Å². The van der Waals surface area contributed by atoms with Crippen LogP contribution in [0.15, 0.2) is 23.8 Å². The van der Waals surface area contributed by atoms with Gasteiger partial charge >= 0.3 is 0 Å². The van der Waals surface area contributed by atoms with Crippen LogP contribution in [-0.4, -0.2) is 29.0 Å². The Kier molecular flexibility index (Phi) is 6.72. The summed E-state index contributed by atoms with van der Waals surface area (Å²) >= 11 is 6.20. The Hall–Kier alpha value is -0.0200. The summed E-state index contributed by atoms with van der Waals surface area (Å²) in [4.78, 5) is 3.73. The third-order valence-electron chi connectivity index (χ3n) is 3.83. The molecule has 1 saturated heterocycles. The van der Waals surface area contributed by atoms with Crippen molar-refractivity contribution >= 4 is 24.4 Å². The van der Waals surface area contributed by atoms with Gasteiger partial charge < -0.3 is 4.90 Å². The lowest BCUT2D eigenvalue weighted by Crippen LogP contribution is -2.29. The van der Waals surface area contributed by atoms with Gasteiger partial charge in [0.15, 0.2) is 0 Å². The molecule has 0 N–H and O–H groups in total. The Morgan fingerprint density at radius 2 is 2.06 bits per heavy atom. The van der Waals surface area contributed by atoms with Gasteiger partial charge in [-0.2, -0.15) is 12.6 Å². The molecule has 1 heterocycles. The minimum Gasteiger partial charge on any atom is -0.372 e. The second-order valence-electron chi connectivity index (χ2n) is 5.44. The summed E-state index contributed by atoms with van der Waals surface area (Å²) in [5, 5.41) is 0. The normalized spacial score (nSPS) is 22.9. The third kappa shape index (κ3) is 4.27.